The van der Waals surface area contributed by atoms with Crippen molar-refractivity contribution in [2.45, 2.75) is 38.6 Å². The molecule has 0 aliphatic heterocycles. The lowest BCUT2D eigenvalue weighted by Gasteiger charge is -2.20. The third-order valence-corrected chi connectivity index (χ3v) is 4.30. The first-order valence-electron chi connectivity index (χ1n) is 8.01. The SMILES string of the molecule is Cn1c2c(cc(C(=O)NCCCn3ccnn3)c1=O)CCCC2. The van der Waals surface area contributed by atoms with Crippen molar-refractivity contribution < 1.29 is 4.79 Å². The van der Waals surface area contributed by atoms with Crippen molar-refractivity contribution in [2.24, 2.45) is 7.05 Å². The topological polar surface area (TPSA) is 81.8 Å². The largest absolute Gasteiger partial charge is 0.352 e. The summed E-state index contributed by atoms with van der Waals surface area (Å²) in [5.41, 5.74) is 2.24. The Morgan fingerprint density at radius 2 is 2.17 bits per heavy atom. The standard InChI is InChI=1S/C16H21N5O2/c1-20-14-6-3-2-5-12(14)11-13(16(20)23)15(22)17-7-4-9-21-10-8-18-19-21/h8,10-11H,2-7,9H2,1H3,(H,17,22). The summed E-state index contributed by atoms with van der Waals surface area (Å²) >= 11 is 0. The molecule has 2 aromatic rings. The van der Waals surface area contributed by atoms with Crippen LogP contribution in [0.3, 0.4) is 0 Å². The number of aryl methyl sites for hydroxylation is 2. The van der Waals surface area contributed by atoms with E-state index in [-0.39, 0.29) is 17.0 Å². The number of fused-ring (bicyclic) bond motifs is 1. The van der Waals surface area contributed by atoms with Crippen LogP contribution in [0.1, 0.15) is 40.9 Å². The van der Waals surface area contributed by atoms with Crippen molar-refractivity contribution in [1.82, 2.24) is 24.9 Å². The minimum absolute atomic E-state index is 0.209. The summed E-state index contributed by atoms with van der Waals surface area (Å²) in [6.45, 7) is 1.18. The molecule has 0 aromatic carbocycles. The molecule has 1 aliphatic carbocycles. The molecule has 0 bridgehead atoms. The van der Waals surface area contributed by atoms with Crippen molar-refractivity contribution in [3.63, 3.8) is 0 Å². The van der Waals surface area contributed by atoms with E-state index in [1.54, 1.807) is 34.8 Å². The number of rotatable bonds is 5. The Morgan fingerprint density at radius 1 is 1.35 bits per heavy atom. The van der Waals surface area contributed by atoms with E-state index < -0.39 is 0 Å². The van der Waals surface area contributed by atoms with Gasteiger partial charge in [-0.1, -0.05) is 5.21 Å². The van der Waals surface area contributed by atoms with Gasteiger partial charge < -0.3 is 9.88 Å². The van der Waals surface area contributed by atoms with Crippen molar-refractivity contribution >= 4 is 5.91 Å². The van der Waals surface area contributed by atoms with Gasteiger partial charge in [0.25, 0.3) is 11.5 Å². The summed E-state index contributed by atoms with van der Waals surface area (Å²) in [7, 11) is 1.76. The van der Waals surface area contributed by atoms with Gasteiger partial charge in [0.1, 0.15) is 5.56 Å². The van der Waals surface area contributed by atoms with Crippen molar-refractivity contribution in [1.29, 1.82) is 0 Å². The maximum atomic E-state index is 12.4. The van der Waals surface area contributed by atoms with Crippen LogP contribution in [0.5, 0.6) is 0 Å². The van der Waals surface area contributed by atoms with Crippen LogP contribution in [0.25, 0.3) is 0 Å². The summed E-state index contributed by atoms with van der Waals surface area (Å²) in [6.07, 6.45) is 8.21. The molecule has 0 saturated carbocycles. The van der Waals surface area contributed by atoms with Crippen LogP contribution in [0.4, 0.5) is 0 Å². The van der Waals surface area contributed by atoms with Gasteiger partial charge in [0.2, 0.25) is 0 Å². The molecule has 0 fully saturated rings. The second-order valence-electron chi connectivity index (χ2n) is 5.88. The number of hydrogen-bond acceptors (Lipinski definition) is 4. The predicted octanol–water partition coefficient (Wildman–Crippen LogP) is 0.676. The normalized spacial score (nSPS) is 13.6. The van der Waals surface area contributed by atoms with Crippen LogP contribution < -0.4 is 10.9 Å². The van der Waals surface area contributed by atoms with Gasteiger partial charge >= 0.3 is 0 Å². The van der Waals surface area contributed by atoms with Gasteiger partial charge in [0, 0.05) is 32.0 Å². The second-order valence-corrected chi connectivity index (χ2v) is 5.88. The number of amides is 1. The van der Waals surface area contributed by atoms with E-state index in [4.69, 9.17) is 0 Å². The van der Waals surface area contributed by atoms with Crippen LogP contribution in [-0.2, 0) is 26.4 Å². The van der Waals surface area contributed by atoms with Gasteiger partial charge in [-0.15, -0.1) is 5.10 Å². The van der Waals surface area contributed by atoms with E-state index in [0.717, 1.165) is 43.4 Å². The fourth-order valence-electron chi connectivity index (χ4n) is 3.04. The number of carbonyl (C=O) groups is 1. The first kappa shape index (κ1) is 15.5. The Morgan fingerprint density at radius 3 is 2.96 bits per heavy atom. The molecule has 7 nitrogen and oxygen atoms in total. The Bertz CT molecular complexity index is 749. The van der Waals surface area contributed by atoms with Crippen molar-refractivity contribution in [2.75, 3.05) is 6.54 Å². The van der Waals surface area contributed by atoms with Crippen LogP contribution in [0, 0.1) is 0 Å². The molecule has 0 radical (unpaired) electrons. The second kappa shape index (κ2) is 6.76. The zero-order valence-electron chi connectivity index (χ0n) is 13.3. The van der Waals surface area contributed by atoms with E-state index in [9.17, 15) is 9.59 Å². The highest BCUT2D eigenvalue weighted by molar-refractivity contribution is 5.94. The Hall–Kier alpha value is -2.44. The van der Waals surface area contributed by atoms with Gasteiger partial charge in [0.05, 0.1) is 6.20 Å². The maximum Gasteiger partial charge on any atom is 0.263 e. The summed E-state index contributed by atoms with van der Waals surface area (Å²) < 4.78 is 3.35. The fourth-order valence-corrected chi connectivity index (χ4v) is 3.04. The van der Waals surface area contributed by atoms with Crippen LogP contribution in [0.2, 0.25) is 0 Å². The molecule has 3 rings (SSSR count). The number of hydrogen-bond donors (Lipinski definition) is 1. The number of aromatic nitrogens is 4. The zero-order valence-corrected chi connectivity index (χ0v) is 13.3. The molecule has 1 aliphatic rings. The molecule has 1 N–H and O–H groups in total. The average Bonchev–Trinajstić information content (AvgIpc) is 3.08. The Balaban J connectivity index is 1.65. The van der Waals surface area contributed by atoms with Crippen LogP contribution >= 0.6 is 0 Å². The fraction of sp³-hybridized carbons (Fsp3) is 0.500. The first-order valence-corrected chi connectivity index (χ1v) is 8.01. The Labute approximate surface area is 134 Å². The van der Waals surface area contributed by atoms with Gasteiger partial charge in [-0.05, 0) is 43.7 Å². The minimum Gasteiger partial charge on any atom is -0.352 e. The monoisotopic (exact) mass is 315 g/mol. The lowest BCUT2D eigenvalue weighted by atomic mass is 9.94. The molecule has 0 unspecified atom stereocenters. The van der Waals surface area contributed by atoms with Crippen molar-refractivity contribution in [3.8, 4) is 0 Å². The maximum absolute atomic E-state index is 12.4. The molecule has 0 spiro atoms. The molecule has 122 valence electrons. The molecular formula is C16H21N5O2. The lowest BCUT2D eigenvalue weighted by molar-refractivity contribution is 0.0950. The predicted molar refractivity (Wildman–Crippen MR) is 85.3 cm³/mol. The van der Waals surface area contributed by atoms with E-state index in [0.29, 0.717) is 13.1 Å². The molecule has 0 atom stereocenters. The molecule has 2 heterocycles. The molecule has 2 aromatic heterocycles. The minimum atomic E-state index is -0.294. The average molecular weight is 315 g/mol. The highest BCUT2D eigenvalue weighted by Gasteiger charge is 2.19. The van der Waals surface area contributed by atoms with Crippen molar-refractivity contribution in [3.05, 3.63) is 45.6 Å². The number of nitrogens with zero attached hydrogens (tertiary/aromatic N) is 4. The quantitative estimate of drug-likeness (QED) is 0.823. The number of carbonyl (C=O) groups excluding carboxylic acids is 1. The summed E-state index contributed by atoms with van der Waals surface area (Å²) in [4.78, 5) is 24.7. The highest BCUT2D eigenvalue weighted by Crippen LogP contribution is 2.20. The smallest absolute Gasteiger partial charge is 0.263 e. The van der Waals surface area contributed by atoms with Gasteiger partial charge in [-0.25, -0.2) is 0 Å². The van der Waals surface area contributed by atoms with E-state index in [1.807, 2.05) is 0 Å². The van der Waals surface area contributed by atoms with Gasteiger partial charge in [-0.2, -0.15) is 0 Å². The number of pyridine rings is 1. The summed E-state index contributed by atoms with van der Waals surface area (Å²) in [5.74, 6) is -0.294. The number of nitrogens with one attached hydrogen (secondary N) is 1. The molecule has 1 amide bonds. The molecule has 7 heteroatoms. The van der Waals surface area contributed by atoms with E-state index >= 15 is 0 Å². The van der Waals surface area contributed by atoms with Gasteiger partial charge in [-0.3, -0.25) is 14.3 Å². The molecular weight excluding hydrogens is 294 g/mol. The van der Waals surface area contributed by atoms with E-state index in [2.05, 4.69) is 15.6 Å². The van der Waals surface area contributed by atoms with Crippen LogP contribution in [0.15, 0.2) is 23.3 Å². The molecule has 0 saturated heterocycles. The zero-order chi connectivity index (χ0) is 16.2. The van der Waals surface area contributed by atoms with Gasteiger partial charge in [0.15, 0.2) is 0 Å². The summed E-state index contributed by atoms with van der Waals surface area (Å²) in [5, 5.41) is 10.4. The summed E-state index contributed by atoms with van der Waals surface area (Å²) in [6, 6.07) is 1.78. The third-order valence-electron chi connectivity index (χ3n) is 4.30. The third kappa shape index (κ3) is 3.33. The van der Waals surface area contributed by atoms with E-state index in [1.165, 1.54) is 0 Å². The highest BCUT2D eigenvalue weighted by atomic mass is 16.2. The molecule has 23 heavy (non-hydrogen) atoms. The first-order chi connectivity index (χ1) is 11.2. The van der Waals surface area contributed by atoms with Crippen LogP contribution in [-0.4, -0.2) is 32.0 Å². The Kier molecular flexibility index (Phi) is 4.55. The lowest BCUT2D eigenvalue weighted by Crippen LogP contribution is -2.35.